The van der Waals surface area contributed by atoms with Gasteiger partial charge in [-0.25, -0.2) is 0 Å². The van der Waals surface area contributed by atoms with E-state index in [0.29, 0.717) is 0 Å². The summed E-state index contributed by atoms with van der Waals surface area (Å²) >= 11 is 0. The van der Waals surface area contributed by atoms with Crippen LogP contribution in [-0.4, -0.2) is 40.2 Å². The Bertz CT molecular complexity index is 369. The lowest BCUT2D eigenvalue weighted by Crippen LogP contribution is -2.46. The van der Waals surface area contributed by atoms with Gasteiger partial charge in [-0.15, -0.1) is 6.58 Å². The Hall–Kier alpha value is -0.753. The first kappa shape index (κ1) is 20.2. The van der Waals surface area contributed by atoms with Crippen molar-refractivity contribution in [1.29, 1.82) is 0 Å². The molecule has 0 heterocycles. The number of hydrogen-bond donors (Lipinski definition) is 0. The standard InChI is InChI=1S/C16H30O4Si/c1-9-14(20-21(7,8)16(3,4)5)15(19-12-18-6)11-10-13(2)17/h9-11,14-15H,1,12H2,2-8H3/b11-10+/t14-,15-/m1/s1. The van der Waals surface area contributed by atoms with E-state index in [2.05, 4.69) is 40.4 Å². The van der Waals surface area contributed by atoms with Crippen LogP contribution in [0.2, 0.25) is 18.1 Å². The van der Waals surface area contributed by atoms with E-state index in [-0.39, 0.29) is 29.8 Å². The zero-order chi connectivity index (χ0) is 16.7. The van der Waals surface area contributed by atoms with Gasteiger partial charge in [-0.05, 0) is 37.2 Å². The summed E-state index contributed by atoms with van der Waals surface area (Å²) in [6.45, 7) is 16.4. The second kappa shape index (κ2) is 8.63. The number of carbonyl (C=O) groups is 1. The van der Waals surface area contributed by atoms with Crippen molar-refractivity contribution in [2.75, 3.05) is 13.9 Å². The zero-order valence-corrected chi connectivity index (χ0v) is 15.4. The topological polar surface area (TPSA) is 44.8 Å². The van der Waals surface area contributed by atoms with Crippen molar-refractivity contribution < 1.29 is 18.7 Å². The Balaban J connectivity index is 5.13. The normalized spacial score (nSPS) is 16.0. The molecule has 0 aromatic carbocycles. The summed E-state index contributed by atoms with van der Waals surface area (Å²) in [7, 11) is -0.399. The number of methoxy groups -OCH3 is 1. The molecule has 122 valence electrons. The quantitative estimate of drug-likeness (QED) is 0.282. The number of hydrogen-bond acceptors (Lipinski definition) is 4. The van der Waals surface area contributed by atoms with Crippen molar-refractivity contribution in [3.05, 3.63) is 24.8 Å². The van der Waals surface area contributed by atoms with E-state index < -0.39 is 8.32 Å². The first-order valence-corrected chi connectivity index (χ1v) is 10.1. The molecule has 0 spiro atoms. The summed E-state index contributed by atoms with van der Waals surface area (Å²) in [5.74, 6) is -0.0313. The van der Waals surface area contributed by atoms with Crippen molar-refractivity contribution in [2.24, 2.45) is 0 Å². The minimum atomic E-state index is -1.96. The Morgan fingerprint density at radius 1 is 1.29 bits per heavy atom. The highest BCUT2D eigenvalue weighted by Gasteiger charge is 2.40. The maximum Gasteiger partial charge on any atom is 0.193 e. The molecule has 0 aliphatic rings. The molecule has 0 unspecified atom stereocenters. The fourth-order valence-corrected chi connectivity index (χ4v) is 2.67. The largest absolute Gasteiger partial charge is 0.408 e. The predicted octanol–water partition coefficient (Wildman–Crippen LogP) is 3.70. The molecular formula is C16H30O4Si. The van der Waals surface area contributed by atoms with Gasteiger partial charge in [-0.2, -0.15) is 0 Å². The van der Waals surface area contributed by atoms with Gasteiger partial charge in [0, 0.05) is 7.11 Å². The highest BCUT2D eigenvalue weighted by Crippen LogP contribution is 2.38. The highest BCUT2D eigenvalue weighted by molar-refractivity contribution is 6.74. The van der Waals surface area contributed by atoms with E-state index in [9.17, 15) is 4.79 Å². The van der Waals surface area contributed by atoms with Crippen LogP contribution in [0.25, 0.3) is 0 Å². The average Bonchev–Trinajstić information content (AvgIpc) is 2.35. The van der Waals surface area contributed by atoms with Gasteiger partial charge in [0.25, 0.3) is 0 Å². The average molecular weight is 314 g/mol. The van der Waals surface area contributed by atoms with Gasteiger partial charge in [0.2, 0.25) is 0 Å². The Kier molecular flexibility index (Phi) is 8.32. The third kappa shape index (κ3) is 7.18. The molecule has 0 saturated heterocycles. The second-order valence-electron chi connectivity index (χ2n) is 6.59. The Labute approximate surface area is 130 Å². The molecule has 0 radical (unpaired) electrons. The number of allylic oxidation sites excluding steroid dienone is 1. The van der Waals surface area contributed by atoms with Crippen LogP contribution in [0.1, 0.15) is 27.7 Å². The molecule has 0 aromatic rings. The summed E-state index contributed by atoms with van der Waals surface area (Å²) < 4.78 is 16.9. The Morgan fingerprint density at radius 2 is 1.86 bits per heavy atom. The van der Waals surface area contributed by atoms with Gasteiger partial charge in [-0.3, -0.25) is 4.79 Å². The third-order valence-corrected chi connectivity index (χ3v) is 8.17. The smallest absolute Gasteiger partial charge is 0.193 e. The number of carbonyl (C=O) groups excluding carboxylic acids is 1. The van der Waals surface area contributed by atoms with Crippen molar-refractivity contribution >= 4 is 14.1 Å². The molecule has 5 heteroatoms. The van der Waals surface area contributed by atoms with Crippen LogP contribution in [0.3, 0.4) is 0 Å². The van der Waals surface area contributed by atoms with Gasteiger partial charge in [0.05, 0.1) is 6.10 Å². The maximum absolute atomic E-state index is 11.1. The second-order valence-corrected chi connectivity index (χ2v) is 11.3. The fourth-order valence-electron chi connectivity index (χ4n) is 1.40. The summed E-state index contributed by atoms with van der Waals surface area (Å²) in [5.41, 5.74) is 0. The molecule has 0 saturated carbocycles. The lowest BCUT2D eigenvalue weighted by atomic mass is 10.2. The molecule has 0 amide bonds. The first-order valence-electron chi connectivity index (χ1n) is 7.15. The maximum atomic E-state index is 11.1. The molecule has 0 rings (SSSR count). The molecule has 4 nitrogen and oxygen atoms in total. The summed E-state index contributed by atoms with van der Waals surface area (Å²) in [6, 6.07) is 0. The van der Waals surface area contributed by atoms with Crippen molar-refractivity contribution in [1.82, 2.24) is 0 Å². The van der Waals surface area contributed by atoms with Crippen molar-refractivity contribution in [3.8, 4) is 0 Å². The summed E-state index contributed by atoms with van der Waals surface area (Å²) in [6.07, 6.45) is 4.23. The van der Waals surface area contributed by atoms with E-state index >= 15 is 0 Å². The number of ketones is 1. The van der Waals surface area contributed by atoms with E-state index in [1.165, 1.54) is 13.0 Å². The monoisotopic (exact) mass is 314 g/mol. The highest BCUT2D eigenvalue weighted by atomic mass is 28.4. The minimum Gasteiger partial charge on any atom is -0.408 e. The van der Waals surface area contributed by atoms with Crippen LogP contribution >= 0.6 is 0 Å². The third-order valence-electron chi connectivity index (χ3n) is 3.69. The van der Waals surface area contributed by atoms with Crippen LogP contribution in [0.15, 0.2) is 24.8 Å². The molecule has 0 bridgehead atoms. The van der Waals surface area contributed by atoms with Crippen LogP contribution in [0, 0.1) is 0 Å². The first-order chi connectivity index (χ1) is 9.55. The van der Waals surface area contributed by atoms with Crippen LogP contribution in [0.5, 0.6) is 0 Å². The van der Waals surface area contributed by atoms with Gasteiger partial charge >= 0.3 is 0 Å². The molecule has 0 N–H and O–H groups in total. The van der Waals surface area contributed by atoms with E-state index in [1.54, 1.807) is 19.3 Å². The van der Waals surface area contributed by atoms with E-state index in [1.807, 2.05) is 0 Å². The lowest BCUT2D eigenvalue weighted by molar-refractivity contribution is -0.112. The molecule has 2 atom stereocenters. The minimum absolute atomic E-state index is 0.0313. The molecule has 0 aromatic heterocycles. The predicted molar refractivity (Wildman–Crippen MR) is 88.8 cm³/mol. The van der Waals surface area contributed by atoms with Crippen LogP contribution < -0.4 is 0 Å². The van der Waals surface area contributed by atoms with Gasteiger partial charge < -0.3 is 13.9 Å². The molecule has 0 aliphatic carbocycles. The molecule has 0 aliphatic heterocycles. The summed E-state index contributed by atoms with van der Waals surface area (Å²) in [5, 5.41) is 0.0877. The van der Waals surface area contributed by atoms with Crippen LogP contribution in [-0.2, 0) is 18.7 Å². The number of ether oxygens (including phenoxy) is 2. The SMILES string of the molecule is C=C[C@@H](O[Si](C)(C)C(C)(C)C)[C@@H](/C=C/C(C)=O)OCOC. The number of rotatable bonds is 9. The molecule has 21 heavy (non-hydrogen) atoms. The van der Waals surface area contributed by atoms with E-state index in [4.69, 9.17) is 13.9 Å². The van der Waals surface area contributed by atoms with Gasteiger partial charge in [0.1, 0.15) is 12.9 Å². The van der Waals surface area contributed by atoms with Crippen molar-refractivity contribution in [3.63, 3.8) is 0 Å². The summed E-state index contributed by atoms with van der Waals surface area (Å²) in [4.78, 5) is 11.1. The molecular weight excluding hydrogens is 284 g/mol. The van der Waals surface area contributed by atoms with E-state index in [0.717, 1.165) is 0 Å². The van der Waals surface area contributed by atoms with Gasteiger partial charge in [0.15, 0.2) is 14.1 Å². The lowest BCUT2D eigenvalue weighted by Gasteiger charge is -2.40. The van der Waals surface area contributed by atoms with Crippen LogP contribution in [0.4, 0.5) is 0 Å². The fraction of sp³-hybridized carbons (Fsp3) is 0.688. The Morgan fingerprint density at radius 3 is 2.24 bits per heavy atom. The van der Waals surface area contributed by atoms with Gasteiger partial charge in [-0.1, -0.05) is 26.8 Å². The van der Waals surface area contributed by atoms with Crippen molar-refractivity contribution in [2.45, 2.75) is 58.0 Å². The zero-order valence-electron chi connectivity index (χ0n) is 14.4. The molecule has 0 fully saturated rings.